The van der Waals surface area contributed by atoms with E-state index in [0.29, 0.717) is 0 Å². The maximum absolute atomic E-state index is 13.1. The smallest absolute Gasteiger partial charge is 0.411 e. The Morgan fingerprint density at radius 3 is 1.77 bits per heavy atom. The SMILES string of the molecule is COC(=O)[C@@H]1[C@H](C)[C@H](O[Si](c2ccccc2)(c2ccccc2)C(C)(C)C)CN1C(=O)OC(C)(C)C. The predicted octanol–water partition coefficient (Wildman–Crippen LogP) is 4.36. The maximum Gasteiger partial charge on any atom is 0.411 e. The molecular formula is C28H39NO5Si. The predicted molar refractivity (Wildman–Crippen MR) is 140 cm³/mol. The maximum atomic E-state index is 13.1. The van der Waals surface area contributed by atoms with E-state index in [1.807, 2.05) is 64.1 Å². The number of carbonyl (C=O) groups is 2. The summed E-state index contributed by atoms with van der Waals surface area (Å²) in [5.74, 6) is -0.742. The van der Waals surface area contributed by atoms with Crippen molar-refractivity contribution in [3.8, 4) is 0 Å². The number of likely N-dealkylation sites (tertiary alicyclic amines) is 1. The lowest BCUT2D eigenvalue weighted by Gasteiger charge is -2.45. The van der Waals surface area contributed by atoms with Gasteiger partial charge in [0.25, 0.3) is 8.32 Å². The number of amides is 1. The summed E-state index contributed by atoms with van der Waals surface area (Å²) in [4.78, 5) is 27.5. The molecule has 0 aromatic heterocycles. The third-order valence-electron chi connectivity index (χ3n) is 6.61. The van der Waals surface area contributed by atoms with Crippen LogP contribution in [0.3, 0.4) is 0 Å². The van der Waals surface area contributed by atoms with Crippen LogP contribution in [-0.2, 0) is 18.7 Å². The first-order chi connectivity index (χ1) is 16.3. The zero-order valence-corrected chi connectivity index (χ0v) is 23.2. The fourth-order valence-corrected chi connectivity index (χ4v) is 9.75. The number of hydrogen-bond donors (Lipinski definition) is 0. The van der Waals surface area contributed by atoms with E-state index < -0.39 is 32.0 Å². The van der Waals surface area contributed by atoms with Crippen molar-refractivity contribution in [2.75, 3.05) is 13.7 Å². The van der Waals surface area contributed by atoms with Gasteiger partial charge in [-0.05, 0) is 36.2 Å². The van der Waals surface area contributed by atoms with Crippen molar-refractivity contribution in [2.45, 2.75) is 71.3 Å². The lowest BCUT2D eigenvalue weighted by atomic mass is 10.0. The molecule has 0 saturated carbocycles. The monoisotopic (exact) mass is 497 g/mol. The first-order valence-electron chi connectivity index (χ1n) is 12.2. The average Bonchev–Trinajstić information content (AvgIpc) is 3.12. The van der Waals surface area contributed by atoms with E-state index in [-0.39, 0.29) is 23.6 Å². The second-order valence-electron chi connectivity index (χ2n) is 11.3. The summed E-state index contributed by atoms with van der Waals surface area (Å²) >= 11 is 0. The molecule has 0 aliphatic carbocycles. The normalized spacial score (nSPS) is 21.0. The van der Waals surface area contributed by atoms with Crippen LogP contribution in [0, 0.1) is 5.92 Å². The molecule has 1 heterocycles. The van der Waals surface area contributed by atoms with Crippen LogP contribution in [0.15, 0.2) is 60.7 Å². The molecule has 0 bridgehead atoms. The number of ether oxygens (including phenoxy) is 2. The Hall–Kier alpha value is -2.64. The van der Waals surface area contributed by atoms with Gasteiger partial charge in [-0.25, -0.2) is 9.59 Å². The lowest BCUT2D eigenvalue weighted by molar-refractivity contribution is -0.147. The van der Waals surface area contributed by atoms with Gasteiger partial charge in [0.1, 0.15) is 11.6 Å². The summed E-state index contributed by atoms with van der Waals surface area (Å²) in [7, 11) is -1.53. The van der Waals surface area contributed by atoms with Crippen molar-refractivity contribution in [2.24, 2.45) is 5.92 Å². The molecule has 1 aliphatic heterocycles. The molecule has 0 unspecified atom stereocenters. The summed E-state index contributed by atoms with van der Waals surface area (Å²) in [5, 5.41) is 2.07. The van der Waals surface area contributed by atoms with Gasteiger partial charge in [-0.1, -0.05) is 88.4 Å². The number of methoxy groups -OCH3 is 1. The van der Waals surface area contributed by atoms with Gasteiger partial charge in [-0.3, -0.25) is 4.90 Å². The minimum Gasteiger partial charge on any atom is -0.467 e. The molecule has 1 amide bonds. The van der Waals surface area contributed by atoms with Crippen molar-refractivity contribution in [1.82, 2.24) is 4.90 Å². The van der Waals surface area contributed by atoms with E-state index >= 15 is 0 Å². The van der Waals surface area contributed by atoms with Gasteiger partial charge in [0.05, 0.1) is 19.8 Å². The number of carbonyl (C=O) groups excluding carboxylic acids is 2. The molecule has 6 nitrogen and oxygen atoms in total. The third kappa shape index (κ3) is 5.46. The molecule has 3 rings (SSSR count). The Labute approximate surface area is 210 Å². The second kappa shape index (κ2) is 10.2. The van der Waals surface area contributed by atoms with Gasteiger partial charge >= 0.3 is 12.1 Å². The van der Waals surface area contributed by atoms with Crippen LogP contribution >= 0.6 is 0 Å². The van der Waals surface area contributed by atoms with Crippen molar-refractivity contribution in [3.05, 3.63) is 60.7 Å². The second-order valence-corrected chi connectivity index (χ2v) is 15.5. The Balaban J connectivity index is 2.10. The first-order valence-corrected chi connectivity index (χ1v) is 14.1. The molecule has 35 heavy (non-hydrogen) atoms. The van der Waals surface area contributed by atoms with E-state index in [9.17, 15) is 9.59 Å². The van der Waals surface area contributed by atoms with Gasteiger partial charge in [0, 0.05) is 5.92 Å². The molecule has 7 heteroatoms. The molecule has 2 aromatic carbocycles. The van der Waals surface area contributed by atoms with Crippen molar-refractivity contribution < 1.29 is 23.5 Å². The van der Waals surface area contributed by atoms with Gasteiger partial charge in [-0.15, -0.1) is 0 Å². The van der Waals surface area contributed by atoms with Gasteiger partial charge in [-0.2, -0.15) is 0 Å². The lowest BCUT2D eigenvalue weighted by Crippen LogP contribution is -2.68. The van der Waals surface area contributed by atoms with Gasteiger partial charge < -0.3 is 13.9 Å². The van der Waals surface area contributed by atoms with Crippen LogP contribution in [0.4, 0.5) is 4.79 Å². The standard InChI is InChI=1S/C28H39NO5Si/c1-20-23(19-29(24(20)25(30)32-8)26(31)33-27(2,3)4)34-35(28(5,6)7,21-15-11-9-12-16-21)22-17-13-10-14-18-22/h9-18,20,23-24H,19H2,1-8H3/t20-,23-,24+/m1/s1. The topological polar surface area (TPSA) is 65.1 Å². The van der Waals surface area contributed by atoms with Crippen LogP contribution < -0.4 is 10.4 Å². The van der Waals surface area contributed by atoms with E-state index in [1.165, 1.54) is 12.0 Å². The molecular weight excluding hydrogens is 458 g/mol. The number of benzene rings is 2. The number of esters is 1. The highest BCUT2D eigenvalue weighted by atomic mass is 28.4. The first kappa shape index (κ1) is 27.0. The molecule has 1 saturated heterocycles. The van der Waals surface area contributed by atoms with Gasteiger partial charge in [0.15, 0.2) is 0 Å². The van der Waals surface area contributed by atoms with E-state index in [1.54, 1.807) is 0 Å². The molecule has 190 valence electrons. The minimum absolute atomic E-state index is 0.227. The summed E-state index contributed by atoms with van der Waals surface area (Å²) in [6.07, 6.45) is -0.911. The molecule has 1 fully saturated rings. The summed E-state index contributed by atoms with van der Waals surface area (Å²) < 4.78 is 18.0. The molecule has 2 aromatic rings. The number of nitrogens with zero attached hydrogens (tertiary/aromatic N) is 1. The molecule has 0 spiro atoms. The summed E-state index contributed by atoms with van der Waals surface area (Å²) in [6.45, 7) is 14.3. The number of rotatable bonds is 5. The van der Waals surface area contributed by atoms with Crippen LogP contribution in [-0.4, -0.2) is 56.7 Å². The van der Waals surface area contributed by atoms with E-state index in [4.69, 9.17) is 13.9 Å². The van der Waals surface area contributed by atoms with Crippen LogP contribution in [0.25, 0.3) is 0 Å². The quantitative estimate of drug-likeness (QED) is 0.454. The molecule has 3 atom stereocenters. The average molecular weight is 498 g/mol. The third-order valence-corrected chi connectivity index (χ3v) is 11.7. The van der Waals surface area contributed by atoms with Crippen LogP contribution in [0.1, 0.15) is 48.5 Å². The molecule has 0 radical (unpaired) electrons. The Morgan fingerprint density at radius 2 is 1.37 bits per heavy atom. The fourth-order valence-electron chi connectivity index (χ4n) is 5.00. The zero-order valence-electron chi connectivity index (χ0n) is 22.2. The van der Waals surface area contributed by atoms with Crippen LogP contribution in [0.5, 0.6) is 0 Å². The Bertz CT molecular complexity index is 974. The van der Waals surface area contributed by atoms with E-state index in [0.717, 1.165) is 10.4 Å². The summed E-state index contributed by atoms with van der Waals surface area (Å²) in [5.41, 5.74) is -0.683. The number of hydrogen-bond acceptors (Lipinski definition) is 5. The minimum atomic E-state index is -2.87. The van der Waals surface area contributed by atoms with Crippen molar-refractivity contribution in [1.29, 1.82) is 0 Å². The Morgan fingerprint density at radius 1 is 0.886 bits per heavy atom. The molecule has 0 N–H and O–H groups in total. The fraction of sp³-hybridized carbons (Fsp3) is 0.500. The van der Waals surface area contributed by atoms with Crippen LogP contribution in [0.2, 0.25) is 5.04 Å². The Kier molecular flexibility index (Phi) is 7.82. The summed E-state index contributed by atoms with van der Waals surface area (Å²) in [6, 6.07) is 19.9. The van der Waals surface area contributed by atoms with Crippen molar-refractivity contribution in [3.63, 3.8) is 0 Å². The molecule has 1 aliphatic rings. The zero-order chi connectivity index (χ0) is 26.0. The van der Waals surface area contributed by atoms with E-state index in [2.05, 4.69) is 45.0 Å². The van der Waals surface area contributed by atoms with Crippen molar-refractivity contribution >= 4 is 30.8 Å². The largest absolute Gasteiger partial charge is 0.467 e. The highest BCUT2D eigenvalue weighted by molar-refractivity contribution is 6.99. The van der Waals surface area contributed by atoms with Gasteiger partial charge in [0.2, 0.25) is 0 Å². The highest BCUT2D eigenvalue weighted by Crippen LogP contribution is 2.40. The highest BCUT2D eigenvalue weighted by Gasteiger charge is 2.56.